The van der Waals surface area contributed by atoms with Gasteiger partial charge < -0.3 is 4.90 Å². The largest absolute Gasteiger partial charge is 0.302 e. The minimum Gasteiger partial charge on any atom is -0.302 e. The molecule has 0 aromatic carbocycles. The second kappa shape index (κ2) is 4.93. The Hall–Kier alpha value is 0.0500. The first-order chi connectivity index (χ1) is 5.35. The molecule has 1 nitrogen and oxygen atoms in total. The van der Waals surface area contributed by atoms with Crippen molar-refractivity contribution in [3.63, 3.8) is 0 Å². The molecule has 0 atom stereocenters. The zero-order valence-electron chi connectivity index (χ0n) is 8.72. The van der Waals surface area contributed by atoms with Crippen molar-refractivity contribution >= 4 is 12.6 Å². The number of thiol groups is 1. The summed E-state index contributed by atoms with van der Waals surface area (Å²) >= 11 is 4.18. The fraction of sp³-hybridized carbons (Fsp3) is 0.800. The van der Waals surface area contributed by atoms with Crippen LogP contribution in [0.5, 0.6) is 0 Å². The highest BCUT2D eigenvalue weighted by Crippen LogP contribution is 2.14. The fourth-order valence-electron chi connectivity index (χ4n) is 1.30. The van der Waals surface area contributed by atoms with E-state index in [4.69, 9.17) is 0 Å². The van der Waals surface area contributed by atoms with Crippen LogP contribution in [0.2, 0.25) is 0 Å². The van der Waals surface area contributed by atoms with Gasteiger partial charge in [-0.1, -0.05) is 32.9 Å². The minimum absolute atomic E-state index is 0.367. The van der Waals surface area contributed by atoms with Crippen LogP contribution in [-0.2, 0) is 0 Å². The lowest BCUT2D eigenvalue weighted by atomic mass is 9.96. The standard InChI is InChI=1S/C10H21NS/c1-9(7-12)6-11(5)8-10(2,3)4/h12H,1,6-8H2,2-5H3. The van der Waals surface area contributed by atoms with Gasteiger partial charge in [0.1, 0.15) is 0 Å². The Kier molecular flexibility index (Phi) is 4.95. The topological polar surface area (TPSA) is 3.24 Å². The first-order valence-corrected chi connectivity index (χ1v) is 4.94. The first kappa shape index (κ1) is 12.0. The van der Waals surface area contributed by atoms with E-state index >= 15 is 0 Å². The summed E-state index contributed by atoms with van der Waals surface area (Å²) < 4.78 is 0. The summed E-state index contributed by atoms with van der Waals surface area (Å²) in [6, 6.07) is 0. The average Bonchev–Trinajstić information content (AvgIpc) is 1.82. The van der Waals surface area contributed by atoms with Gasteiger partial charge in [-0.25, -0.2) is 0 Å². The van der Waals surface area contributed by atoms with Crippen molar-refractivity contribution in [2.45, 2.75) is 20.8 Å². The van der Waals surface area contributed by atoms with Crippen LogP contribution < -0.4 is 0 Å². The smallest absolute Gasteiger partial charge is 0.0195 e. The molecule has 0 amide bonds. The van der Waals surface area contributed by atoms with Crippen LogP contribution in [0.25, 0.3) is 0 Å². The lowest BCUT2D eigenvalue weighted by molar-refractivity contribution is 0.241. The van der Waals surface area contributed by atoms with Crippen molar-refractivity contribution in [1.82, 2.24) is 4.90 Å². The van der Waals surface area contributed by atoms with Crippen molar-refractivity contribution in [2.75, 3.05) is 25.9 Å². The van der Waals surface area contributed by atoms with E-state index in [1.54, 1.807) is 0 Å². The number of hydrogen-bond acceptors (Lipinski definition) is 2. The third-order valence-corrected chi connectivity index (χ3v) is 1.91. The summed E-state index contributed by atoms with van der Waals surface area (Å²) in [4.78, 5) is 2.29. The molecule has 2 heteroatoms. The van der Waals surface area contributed by atoms with E-state index in [2.05, 4.69) is 51.9 Å². The molecule has 0 aromatic heterocycles. The molecule has 0 aliphatic rings. The molecular formula is C10H21NS. The van der Waals surface area contributed by atoms with Crippen LogP contribution in [0.4, 0.5) is 0 Å². The highest BCUT2D eigenvalue weighted by molar-refractivity contribution is 7.80. The lowest BCUT2D eigenvalue weighted by Gasteiger charge is -2.26. The van der Waals surface area contributed by atoms with Crippen LogP contribution in [0.1, 0.15) is 20.8 Å². The van der Waals surface area contributed by atoms with E-state index in [1.165, 1.54) is 5.57 Å². The Morgan fingerprint density at radius 1 is 1.42 bits per heavy atom. The van der Waals surface area contributed by atoms with E-state index in [9.17, 15) is 0 Å². The van der Waals surface area contributed by atoms with Crippen LogP contribution in [0.15, 0.2) is 12.2 Å². The monoisotopic (exact) mass is 187 g/mol. The SMILES string of the molecule is C=C(CS)CN(C)CC(C)(C)C. The third kappa shape index (κ3) is 6.74. The summed E-state index contributed by atoms with van der Waals surface area (Å²) in [5.74, 6) is 0.786. The molecule has 0 N–H and O–H groups in total. The van der Waals surface area contributed by atoms with Crippen molar-refractivity contribution < 1.29 is 0 Å². The second-order valence-corrected chi connectivity index (χ2v) is 4.96. The van der Waals surface area contributed by atoms with Gasteiger partial charge in [0.15, 0.2) is 0 Å². The van der Waals surface area contributed by atoms with Gasteiger partial charge in [0.2, 0.25) is 0 Å². The summed E-state index contributed by atoms with van der Waals surface area (Å²) in [7, 11) is 2.12. The van der Waals surface area contributed by atoms with Gasteiger partial charge in [-0.2, -0.15) is 12.6 Å². The fourth-order valence-corrected chi connectivity index (χ4v) is 1.40. The molecule has 0 spiro atoms. The molecular weight excluding hydrogens is 166 g/mol. The predicted molar refractivity (Wildman–Crippen MR) is 59.9 cm³/mol. The zero-order valence-corrected chi connectivity index (χ0v) is 9.62. The molecule has 0 radical (unpaired) electrons. The van der Waals surface area contributed by atoms with E-state index in [0.717, 1.165) is 18.8 Å². The molecule has 0 heterocycles. The number of nitrogens with zero attached hydrogens (tertiary/aromatic N) is 1. The number of likely N-dealkylation sites (N-methyl/N-ethyl adjacent to an activating group) is 1. The summed E-state index contributed by atoms with van der Waals surface area (Å²) in [6.07, 6.45) is 0. The molecule has 0 unspecified atom stereocenters. The van der Waals surface area contributed by atoms with E-state index in [0.29, 0.717) is 5.41 Å². The van der Waals surface area contributed by atoms with Crippen molar-refractivity contribution in [3.05, 3.63) is 12.2 Å². The van der Waals surface area contributed by atoms with E-state index < -0.39 is 0 Å². The van der Waals surface area contributed by atoms with Crippen LogP contribution in [0, 0.1) is 5.41 Å². The summed E-state index contributed by atoms with van der Waals surface area (Å²) in [6.45, 7) is 12.7. The van der Waals surface area contributed by atoms with Gasteiger partial charge >= 0.3 is 0 Å². The molecule has 0 fully saturated rings. The summed E-state index contributed by atoms with van der Waals surface area (Å²) in [5, 5.41) is 0. The second-order valence-electron chi connectivity index (χ2n) is 4.64. The third-order valence-electron chi connectivity index (χ3n) is 1.46. The molecule has 0 bridgehead atoms. The number of hydrogen-bond donors (Lipinski definition) is 1. The summed E-state index contributed by atoms with van der Waals surface area (Å²) in [5.41, 5.74) is 1.55. The van der Waals surface area contributed by atoms with Gasteiger partial charge in [0.25, 0.3) is 0 Å². The first-order valence-electron chi connectivity index (χ1n) is 4.31. The molecule has 0 saturated heterocycles. The maximum atomic E-state index is 4.18. The molecule has 72 valence electrons. The van der Waals surface area contributed by atoms with Gasteiger partial charge in [-0.05, 0) is 12.5 Å². The highest BCUT2D eigenvalue weighted by atomic mass is 32.1. The van der Waals surface area contributed by atoms with Crippen molar-refractivity contribution in [3.8, 4) is 0 Å². The van der Waals surface area contributed by atoms with Gasteiger partial charge in [-0.15, -0.1) is 0 Å². The molecule has 0 aromatic rings. The maximum absolute atomic E-state index is 4.18. The van der Waals surface area contributed by atoms with Gasteiger partial charge in [0.05, 0.1) is 0 Å². The van der Waals surface area contributed by atoms with Crippen molar-refractivity contribution in [2.24, 2.45) is 5.41 Å². The Morgan fingerprint density at radius 3 is 2.25 bits per heavy atom. The van der Waals surface area contributed by atoms with Gasteiger partial charge in [0, 0.05) is 18.8 Å². The minimum atomic E-state index is 0.367. The Labute approximate surface area is 82.2 Å². The van der Waals surface area contributed by atoms with Crippen molar-refractivity contribution in [1.29, 1.82) is 0 Å². The van der Waals surface area contributed by atoms with E-state index in [-0.39, 0.29) is 0 Å². The van der Waals surface area contributed by atoms with Crippen LogP contribution >= 0.6 is 12.6 Å². The Balaban J connectivity index is 3.74. The average molecular weight is 187 g/mol. The molecule has 0 saturated carbocycles. The Morgan fingerprint density at radius 2 is 1.92 bits per heavy atom. The highest BCUT2D eigenvalue weighted by Gasteiger charge is 2.13. The normalized spacial score (nSPS) is 12.2. The maximum Gasteiger partial charge on any atom is 0.0195 e. The number of rotatable bonds is 4. The quantitative estimate of drug-likeness (QED) is 0.522. The van der Waals surface area contributed by atoms with Crippen LogP contribution in [-0.4, -0.2) is 30.8 Å². The Bertz CT molecular complexity index is 146. The van der Waals surface area contributed by atoms with Crippen LogP contribution in [0.3, 0.4) is 0 Å². The van der Waals surface area contributed by atoms with E-state index in [1.807, 2.05) is 0 Å². The molecule has 0 aliphatic heterocycles. The molecule has 0 rings (SSSR count). The van der Waals surface area contributed by atoms with Gasteiger partial charge in [-0.3, -0.25) is 0 Å². The lowest BCUT2D eigenvalue weighted by Crippen LogP contribution is -2.30. The molecule has 0 aliphatic carbocycles. The zero-order chi connectivity index (χ0) is 9.78. The molecule has 12 heavy (non-hydrogen) atoms. The predicted octanol–water partition coefficient (Wildman–Crippen LogP) is 2.45.